The van der Waals surface area contributed by atoms with Crippen molar-refractivity contribution in [3.05, 3.63) is 59.7 Å². The summed E-state index contributed by atoms with van der Waals surface area (Å²) in [4.78, 5) is 23.6. The molecule has 2 aromatic rings. The van der Waals surface area contributed by atoms with Crippen LogP contribution in [0.1, 0.15) is 31.4 Å². The van der Waals surface area contributed by atoms with Crippen molar-refractivity contribution in [1.82, 2.24) is 10.6 Å². The standard InChI is InChI=1S/C20H25N3O3/c1-14(2)22-20(26)23-17-10-7-15(8-11-17)13-21-19(25)12-9-16-5-3-4-6-18(16)24/h3-8,10-11,14,24H,9,12-13H2,1-2H3,(H,21,25)(H2,22,23,26). The molecule has 0 aromatic heterocycles. The number of nitrogens with one attached hydrogen (secondary N) is 3. The Morgan fingerprint density at radius 3 is 2.38 bits per heavy atom. The van der Waals surface area contributed by atoms with Crippen LogP contribution in [0.2, 0.25) is 0 Å². The maximum absolute atomic E-state index is 12.0. The number of aryl methyl sites for hydroxylation is 1. The van der Waals surface area contributed by atoms with Crippen LogP contribution < -0.4 is 16.0 Å². The van der Waals surface area contributed by atoms with Crippen molar-refractivity contribution in [3.8, 4) is 5.75 Å². The Kier molecular flexibility index (Phi) is 7.02. The first-order chi connectivity index (χ1) is 12.4. The molecule has 138 valence electrons. The predicted molar refractivity (Wildman–Crippen MR) is 102 cm³/mol. The average Bonchev–Trinajstić information content (AvgIpc) is 2.59. The van der Waals surface area contributed by atoms with Crippen LogP contribution in [-0.4, -0.2) is 23.1 Å². The summed E-state index contributed by atoms with van der Waals surface area (Å²) < 4.78 is 0. The van der Waals surface area contributed by atoms with Gasteiger partial charge in [-0.25, -0.2) is 4.79 Å². The van der Waals surface area contributed by atoms with Gasteiger partial charge in [0.1, 0.15) is 5.75 Å². The van der Waals surface area contributed by atoms with Gasteiger partial charge in [-0.1, -0.05) is 30.3 Å². The van der Waals surface area contributed by atoms with Crippen LogP contribution >= 0.6 is 0 Å². The van der Waals surface area contributed by atoms with E-state index in [1.807, 2.05) is 38.1 Å². The molecule has 0 spiro atoms. The third-order valence-corrected chi connectivity index (χ3v) is 3.73. The average molecular weight is 355 g/mol. The highest BCUT2D eigenvalue weighted by Gasteiger charge is 2.06. The van der Waals surface area contributed by atoms with Gasteiger partial charge in [0.2, 0.25) is 5.91 Å². The highest BCUT2D eigenvalue weighted by atomic mass is 16.3. The number of urea groups is 1. The van der Waals surface area contributed by atoms with Crippen LogP contribution in [0.3, 0.4) is 0 Å². The van der Waals surface area contributed by atoms with Crippen molar-refractivity contribution in [1.29, 1.82) is 0 Å². The van der Waals surface area contributed by atoms with E-state index in [4.69, 9.17) is 0 Å². The molecule has 3 amide bonds. The molecule has 2 aromatic carbocycles. The predicted octanol–water partition coefficient (Wildman–Crippen LogP) is 3.17. The molecule has 0 heterocycles. The molecule has 0 bridgehead atoms. The molecule has 0 aliphatic carbocycles. The van der Waals surface area contributed by atoms with Gasteiger partial charge in [0.15, 0.2) is 0 Å². The van der Waals surface area contributed by atoms with E-state index in [0.717, 1.165) is 11.1 Å². The Hall–Kier alpha value is -3.02. The van der Waals surface area contributed by atoms with Gasteiger partial charge >= 0.3 is 6.03 Å². The first kappa shape index (κ1) is 19.3. The number of amides is 3. The monoisotopic (exact) mass is 355 g/mol. The summed E-state index contributed by atoms with van der Waals surface area (Å²) in [5, 5.41) is 18.1. The maximum Gasteiger partial charge on any atom is 0.319 e. The van der Waals surface area contributed by atoms with Crippen LogP contribution in [0, 0.1) is 0 Å². The molecule has 26 heavy (non-hydrogen) atoms. The highest BCUT2D eigenvalue weighted by Crippen LogP contribution is 2.17. The Morgan fingerprint density at radius 1 is 1.04 bits per heavy atom. The fourth-order valence-corrected chi connectivity index (χ4v) is 2.39. The lowest BCUT2D eigenvalue weighted by molar-refractivity contribution is -0.121. The van der Waals surface area contributed by atoms with Gasteiger partial charge in [-0.3, -0.25) is 4.79 Å². The molecule has 0 aliphatic rings. The van der Waals surface area contributed by atoms with Crippen molar-refractivity contribution in [2.45, 2.75) is 39.3 Å². The molecular weight excluding hydrogens is 330 g/mol. The molecule has 2 rings (SSSR count). The SMILES string of the molecule is CC(C)NC(=O)Nc1ccc(CNC(=O)CCc2ccccc2O)cc1. The lowest BCUT2D eigenvalue weighted by Gasteiger charge is -2.11. The highest BCUT2D eigenvalue weighted by molar-refractivity contribution is 5.89. The number of carbonyl (C=O) groups is 2. The second-order valence-electron chi connectivity index (χ2n) is 6.36. The van der Waals surface area contributed by atoms with Gasteiger partial charge in [0.05, 0.1) is 0 Å². The van der Waals surface area contributed by atoms with E-state index >= 15 is 0 Å². The van der Waals surface area contributed by atoms with E-state index < -0.39 is 0 Å². The summed E-state index contributed by atoms with van der Waals surface area (Å²) in [6.07, 6.45) is 0.804. The van der Waals surface area contributed by atoms with Crippen molar-refractivity contribution < 1.29 is 14.7 Å². The number of phenolic OH excluding ortho intramolecular Hbond substituents is 1. The second kappa shape index (κ2) is 9.46. The van der Waals surface area contributed by atoms with Crippen LogP contribution in [0.25, 0.3) is 0 Å². The quantitative estimate of drug-likeness (QED) is 0.615. The number of para-hydroxylation sites is 1. The van der Waals surface area contributed by atoms with Gasteiger partial charge in [-0.2, -0.15) is 0 Å². The van der Waals surface area contributed by atoms with E-state index in [1.165, 1.54) is 0 Å². The van der Waals surface area contributed by atoms with Crippen LogP contribution in [0.4, 0.5) is 10.5 Å². The zero-order valence-electron chi connectivity index (χ0n) is 15.1. The summed E-state index contributed by atoms with van der Waals surface area (Å²) >= 11 is 0. The second-order valence-corrected chi connectivity index (χ2v) is 6.36. The minimum Gasteiger partial charge on any atom is -0.508 e. The lowest BCUT2D eigenvalue weighted by atomic mass is 10.1. The van der Waals surface area contributed by atoms with E-state index in [2.05, 4.69) is 16.0 Å². The van der Waals surface area contributed by atoms with Gasteiger partial charge in [-0.05, 0) is 49.6 Å². The van der Waals surface area contributed by atoms with E-state index in [0.29, 0.717) is 25.1 Å². The van der Waals surface area contributed by atoms with E-state index in [-0.39, 0.29) is 23.7 Å². The van der Waals surface area contributed by atoms with Gasteiger partial charge in [-0.15, -0.1) is 0 Å². The molecule has 6 heteroatoms. The van der Waals surface area contributed by atoms with Gasteiger partial charge < -0.3 is 21.1 Å². The van der Waals surface area contributed by atoms with Crippen molar-refractivity contribution in [2.75, 3.05) is 5.32 Å². The number of hydrogen-bond acceptors (Lipinski definition) is 3. The third-order valence-electron chi connectivity index (χ3n) is 3.73. The third kappa shape index (κ3) is 6.47. The maximum atomic E-state index is 12.0. The molecule has 0 saturated carbocycles. The fraction of sp³-hybridized carbons (Fsp3) is 0.300. The zero-order valence-corrected chi connectivity index (χ0v) is 15.1. The van der Waals surface area contributed by atoms with Crippen LogP contribution in [0.5, 0.6) is 5.75 Å². The van der Waals surface area contributed by atoms with Crippen molar-refractivity contribution in [3.63, 3.8) is 0 Å². The van der Waals surface area contributed by atoms with E-state index in [1.54, 1.807) is 24.3 Å². The number of rotatable bonds is 7. The molecular formula is C20H25N3O3. The molecule has 6 nitrogen and oxygen atoms in total. The molecule has 0 saturated heterocycles. The summed E-state index contributed by atoms with van der Waals surface area (Å²) in [7, 11) is 0. The number of anilines is 1. The van der Waals surface area contributed by atoms with Crippen LogP contribution in [-0.2, 0) is 17.8 Å². The number of benzene rings is 2. The molecule has 4 N–H and O–H groups in total. The number of phenols is 1. The summed E-state index contributed by atoms with van der Waals surface area (Å²) in [5.74, 6) is 0.136. The minimum absolute atomic E-state index is 0.0716. The Bertz CT molecular complexity index is 742. The molecule has 0 atom stereocenters. The number of aromatic hydroxyl groups is 1. The van der Waals surface area contributed by atoms with E-state index in [9.17, 15) is 14.7 Å². The molecule has 0 unspecified atom stereocenters. The first-order valence-electron chi connectivity index (χ1n) is 8.64. The van der Waals surface area contributed by atoms with Gasteiger partial charge in [0.25, 0.3) is 0 Å². The summed E-state index contributed by atoms with van der Waals surface area (Å²) in [6.45, 7) is 4.20. The normalized spacial score (nSPS) is 10.4. The fourth-order valence-electron chi connectivity index (χ4n) is 2.39. The first-order valence-corrected chi connectivity index (χ1v) is 8.64. The van der Waals surface area contributed by atoms with Crippen molar-refractivity contribution >= 4 is 17.6 Å². The smallest absolute Gasteiger partial charge is 0.319 e. The molecule has 0 radical (unpaired) electrons. The summed E-state index contributed by atoms with van der Waals surface area (Å²) in [6, 6.07) is 14.1. The largest absolute Gasteiger partial charge is 0.508 e. The Morgan fingerprint density at radius 2 is 1.73 bits per heavy atom. The van der Waals surface area contributed by atoms with Crippen LogP contribution in [0.15, 0.2) is 48.5 Å². The molecule has 0 fully saturated rings. The Balaban J connectivity index is 1.76. The number of carbonyl (C=O) groups excluding carboxylic acids is 2. The van der Waals surface area contributed by atoms with Crippen molar-refractivity contribution in [2.24, 2.45) is 0 Å². The Labute approximate surface area is 153 Å². The lowest BCUT2D eigenvalue weighted by Crippen LogP contribution is -2.34. The molecule has 0 aliphatic heterocycles. The summed E-state index contributed by atoms with van der Waals surface area (Å²) in [5.41, 5.74) is 2.39. The number of hydrogen-bond donors (Lipinski definition) is 4. The minimum atomic E-state index is -0.245. The zero-order chi connectivity index (χ0) is 18.9. The topological polar surface area (TPSA) is 90.5 Å². The van der Waals surface area contributed by atoms with Gasteiger partial charge in [0, 0.05) is 24.7 Å².